The van der Waals surface area contributed by atoms with Gasteiger partial charge < -0.3 is 14.6 Å². The van der Waals surface area contributed by atoms with Crippen molar-refractivity contribution in [2.45, 2.75) is 12.5 Å². The highest BCUT2D eigenvalue weighted by Crippen LogP contribution is 2.39. The molecule has 1 fully saturated rings. The molecule has 2 heterocycles. The van der Waals surface area contributed by atoms with Crippen molar-refractivity contribution in [2.24, 2.45) is 7.05 Å². The van der Waals surface area contributed by atoms with Crippen molar-refractivity contribution in [1.29, 1.82) is 0 Å². The van der Waals surface area contributed by atoms with Crippen LogP contribution in [0.1, 0.15) is 6.42 Å². The molecular weight excluding hydrogens is 515 g/mol. The molecule has 0 aliphatic carbocycles. The van der Waals surface area contributed by atoms with Gasteiger partial charge in [0.05, 0.1) is 50.4 Å². The molecule has 0 spiro atoms. The number of aryl methyl sites for hydroxylation is 1. The first-order valence-electron chi connectivity index (χ1n) is 9.92. The average Bonchev–Trinajstić information content (AvgIpc) is 3.29. The number of ether oxygens (including phenoxy) is 1. The van der Waals surface area contributed by atoms with Crippen molar-refractivity contribution >= 4 is 61.4 Å². The van der Waals surface area contributed by atoms with Crippen LogP contribution >= 0.6 is 23.2 Å². The minimum Gasteiger partial charge on any atom is -0.380 e. The number of hydrogen-bond donors (Lipinski definition) is 2. The molecule has 0 saturated carbocycles. The quantitative estimate of drug-likeness (QED) is 0.468. The van der Waals surface area contributed by atoms with E-state index >= 15 is 0 Å². The standard InChI is InChI=1S/C20H19Cl2F2N5O4S/c1-28-9-25-12-3-4-13(16(21)15(12)20(28)30)26-19-17(22)14(7-11(23)18(19)24)27-34(31,32)29-6-5-10(8-29)33-2/h3-4,7,9-10,26-27H,5-6,8H2,1-2H3. The van der Waals surface area contributed by atoms with Crippen LogP contribution in [0.5, 0.6) is 0 Å². The van der Waals surface area contributed by atoms with Crippen LogP contribution in [0, 0.1) is 11.6 Å². The molecule has 3 aromatic rings. The van der Waals surface area contributed by atoms with E-state index in [9.17, 15) is 22.0 Å². The van der Waals surface area contributed by atoms with Crippen molar-refractivity contribution in [2.75, 3.05) is 30.2 Å². The number of fused-ring (bicyclic) bond motifs is 1. The fourth-order valence-corrected chi connectivity index (χ4v) is 5.44. The van der Waals surface area contributed by atoms with Crippen LogP contribution in [0.3, 0.4) is 0 Å². The molecule has 9 nitrogen and oxygen atoms in total. The number of rotatable bonds is 6. The SMILES string of the molecule is COC1CCN(S(=O)(=O)Nc2cc(F)c(F)c(Nc3ccc4ncn(C)c(=O)c4c3Cl)c2Cl)C1. The maximum Gasteiger partial charge on any atom is 0.301 e. The number of methoxy groups -OCH3 is 1. The summed E-state index contributed by atoms with van der Waals surface area (Å²) in [5.74, 6) is -2.71. The van der Waals surface area contributed by atoms with E-state index in [2.05, 4.69) is 15.0 Å². The lowest BCUT2D eigenvalue weighted by atomic mass is 10.2. The Bertz CT molecular complexity index is 1450. The maximum absolute atomic E-state index is 14.7. The van der Waals surface area contributed by atoms with Crippen molar-refractivity contribution in [3.05, 3.63) is 56.6 Å². The van der Waals surface area contributed by atoms with Gasteiger partial charge in [0.25, 0.3) is 5.56 Å². The van der Waals surface area contributed by atoms with Crippen LogP contribution < -0.4 is 15.6 Å². The van der Waals surface area contributed by atoms with Gasteiger partial charge in [-0.2, -0.15) is 12.7 Å². The Kier molecular flexibility index (Phi) is 6.71. The van der Waals surface area contributed by atoms with Gasteiger partial charge in [-0.25, -0.2) is 13.8 Å². The van der Waals surface area contributed by atoms with Crippen molar-refractivity contribution in [1.82, 2.24) is 13.9 Å². The lowest BCUT2D eigenvalue weighted by Crippen LogP contribution is -2.35. The Morgan fingerprint density at radius 1 is 1.21 bits per heavy atom. The number of aromatic nitrogens is 2. The first-order chi connectivity index (χ1) is 16.0. The summed E-state index contributed by atoms with van der Waals surface area (Å²) in [5.41, 5.74) is -1.03. The first kappa shape index (κ1) is 24.6. The van der Waals surface area contributed by atoms with E-state index < -0.39 is 38.1 Å². The molecule has 4 rings (SSSR count). The van der Waals surface area contributed by atoms with E-state index in [4.69, 9.17) is 27.9 Å². The second-order valence-corrected chi connectivity index (χ2v) is 10.1. The molecule has 2 aromatic carbocycles. The van der Waals surface area contributed by atoms with E-state index in [0.29, 0.717) is 18.0 Å². The normalized spacial score (nSPS) is 16.8. The Balaban J connectivity index is 1.72. The summed E-state index contributed by atoms with van der Waals surface area (Å²) < 4.78 is 64.3. The Morgan fingerprint density at radius 2 is 1.94 bits per heavy atom. The smallest absolute Gasteiger partial charge is 0.301 e. The fraction of sp³-hybridized carbons (Fsp3) is 0.300. The molecule has 14 heteroatoms. The second kappa shape index (κ2) is 9.27. The minimum absolute atomic E-state index is 0.0435. The molecule has 1 saturated heterocycles. The maximum atomic E-state index is 14.7. The van der Waals surface area contributed by atoms with Gasteiger partial charge in [-0.1, -0.05) is 23.2 Å². The summed E-state index contributed by atoms with van der Waals surface area (Å²) in [5, 5.41) is 2.12. The molecule has 2 N–H and O–H groups in total. The van der Waals surface area contributed by atoms with Crippen LogP contribution in [0.4, 0.5) is 25.8 Å². The monoisotopic (exact) mass is 533 g/mol. The molecule has 1 unspecified atom stereocenters. The van der Waals surface area contributed by atoms with E-state index in [-0.39, 0.29) is 41.0 Å². The van der Waals surface area contributed by atoms with Crippen molar-refractivity contribution in [3.63, 3.8) is 0 Å². The lowest BCUT2D eigenvalue weighted by Gasteiger charge is -2.20. The summed E-state index contributed by atoms with van der Waals surface area (Å²) in [7, 11) is -1.16. The van der Waals surface area contributed by atoms with E-state index in [0.717, 1.165) is 4.31 Å². The Morgan fingerprint density at radius 3 is 2.62 bits per heavy atom. The van der Waals surface area contributed by atoms with E-state index in [1.165, 1.54) is 37.2 Å². The third kappa shape index (κ3) is 4.43. The van der Waals surface area contributed by atoms with Gasteiger partial charge >= 0.3 is 10.2 Å². The summed E-state index contributed by atoms with van der Waals surface area (Å²) in [4.78, 5) is 16.6. The zero-order chi connectivity index (χ0) is 24.8. The van der Waals surface area contributed by atoms with Crippen LogP contribution in [0.2, 0.25) is 10.0 Å². The Labute approximate surface area is 203 Å². The van der Waals surface area contributed by atoms with Gasteiger partial charge in [-0.05, 0) is 18.6 Å². The average molecular weight is 534 g/mol. The number of nitrogens with one attached hydrogen (secondary N) is 2. The highest BCUT2D eigenvalue weighted by atomic mass is 35.5. The van der Waals surface area contributed by atoms with E-state index in [1.54, 1.807) is 0 Å². The molecule has 182 valence electrons. The predicted molar refractivity (Wildman–Crippen MR) is 126 cm³/mol. The molecular formula is C20H19Cl2F2N5O4S. The van der Waals surface area contributed by atoms with Gasteiger partial charge in [-0.3, -0.25) is 9.52 Å². The third-order valence-corrected chi connectivity index (χ3v) is 7.73. The second-order valence-electron chi connectivity index (χ2n) is 7.63. The number of halogens is 4. The van der Waals surface area contributed by atoms with E-state index in [1.807, 2.05) is 0 Å². The third-order valence-electron chi connectivity index (χ3n) is 5.46. The van der Waals surface area contributed by atoms with Gasteiger partial charge in [0.2, 0.25) is 0 Å². The van der Waals surface area contributed by atoms with Crippen molar-refractivity contribution in [3.8, 4) is 0 Å². The highest BCUT2D eigenvalue weighted by Gasteiger charge is 2.32. The summed E-state index contributed by atoms with van der Waals surface area (Å²) in [6, 6.07) is 3.53. The zero-order valence-corrected chi connectivity index (χ0v) is 20.2. The molecule has 1 aromatic heterocycles. The predicted octanol–water partition coefficient (Wildman–Crippen LogP) is 3.64. The number of nitrogens with zero attached hydrogens (tertiary/aromatic N) is 3. The highest BCUT2D eigenvalue weighted by molar-refractivity contribution is 7.90. The molecule has 0 radical (unpaired) electrons. The van der Waals surface area contributed by atoms with Gasteiger partial charge in [0.15, 0.2) is 11.6 Å². The molecule has 0 amide bonds. The minimum atomic E-state index is -4.12. The number of anilines is 3. The van der Waals surface area contributed by atoms with Crippen LogP contribution in [-0.4, -0.2) is 48.6 Å². The van der Waals surface area contributed by atoms with Gasteiger partial charge in [-0.15, -0.1) is 0 Å². The zero-order valence-electron chi connectivity index (χ0n) is 17.9. The topological polar surface area (TPSA) is 106 Å². The first-order valence-corrected chi connectivity index (χ1v) is 12.1. The number of hydrogen-bond acceptors (Lipinski definition) is 6. The molecule has 1 atom stereocenters. The number of benzene rings is 2. The summed E-state index contributed by atoms with van der Waals surface area (Å²) in [6.07, 6.45) is 1.54. The summed E-state index contributed by atoms with van der Waals surface area (Å²) in [6.45, 7) is 0.295. The largest absolute Gasteiger partial charge is 0.380 e. The lowest BCUT2D eigenvalue weighted by molar-refractivity contribution is 0.115. The van der Waals surface area contributed by atoms with Gasteiger partial charge in [0.1, 0.15) is 0 Å². The Hall–Kier alpha value is -2.51. The molecule has 0 bridgehead atoms. The fourth-order valence-electron chi connectivity index (χ4n) is 3.59. The summed E-state index contributed by atoms with van der Waals surface area (Å²) >= 11 is 12.6. The van der Waals surface area contributed by atoms with Gasteiger partial charge in [0, 0.05) is 33.3 Å². The molecule has 34 heavy (non-hydrogen) atoms. The molecule has 1 aliphatic rings. The van der Waals surface area contributed by atoms with Crippen molar-refractivity contribution < 1.29 is 21.9 Å². The van der Waals surface area contributed by atoms with Crippen LogP contribution in [-0.2, 0) is 22.0 Å². The molecule has 1 aliphatic heterocycles. The van der Waals surface area contributed by atoms with Crippen LogP contribution in [0.25, 0.3) is 10.9 Å². The van der Waals surface area contributed by atoms with Crippen LogP contribution in [0.15, 0.2) is 29.3 Å².